The van der Waals surface area contributed by atoms with Crippen molar-refractivity contribution in [1.29, 1.82) is 0 Å². The van der Waals surface area contributed by atoms with Gasteiger partial charge in [0.15, 0.2) is 5.96 Å². The number of rotatable bonds is 10. The summed E-state index contributed by atoms with van der Waals surface area (Å²) < 4.78 is 16.9. The summed E-state index contributed by atoms with van der Waals surface area (Å²) in [5.74, 6) is 1.74. The molecule has 0 bridgehead atoms. The van der Waals surface area contributed by atoms with Crippen LogP contribution < -0.4 is 15.4 Å². The molecular weight excluding hydrogens is 457 g/mol. The van der Waals surface area contributed by atoms with Crippen molar-refractivity contribution in [1.82, 2.24) is 10.6 Å². The Hall–Kier alpha value is -1.06. The summed E-state index contributed by atoms with van der Waals surface area (Å²) in [6, 6.07) is 6.26. The van der Waals surface area contributed by atoms with E-state index in [0.29, 0.717) is 13.2 Å². The molecule has 27 heavy (non-hydrogen) atoms. The van der Waals surface area contributed by atoms with Crippen molar-refractivity contribution in [3.8, 4) is 5.75 Å². The molecule has 0 amide bonds. The monoisotopic (exact) mass is 491 g/mol. The Balaban J connectivity index is 0.00000364. The fourth-order valence-electron chi connectivity index (χ4n) is 2.85. The topological polar surface area (TPSA) is 64.1 Å². The fraction of sp³-hybridized carbons (Fsp3) is 0.650. The molecule has 1 aliphatic heterocycles. The molecule has 0 aliphatic carbocycles. The number of nitrogens with zero attached hydrogens (tertiary/aromatic N) is 1. The maximum atomic E-state index is 5.82. The zero-order valence-electron chi connectivity index (χ0n) is 16.8. The van der Waals surface area contributed by atoms with E-state index in [-0.39, 0.29) is 30.1 Å². The number of ether oxygens (including phenoxy) is 3. The first-order chi connectivity index (χ1) is 12.7. The highest BCUT2D eigenvalue weighted by Crippen LogP contribution is 2.15. The molecule has 1 aromatic carbocycles. The van der Waals surface area contributed by atoms with Gasteiger partial charge in [0.2, 0.25) is 0 Å². The van der Waals surface area contributed by atoms with Crippen LogP contribution in [0.2, 0.25) is 0 Å². The lowest BCUT2D eigenvalue weighted by atomic mass is 10.1. The summed E-state index contributed by atoms with van der Waals surface area (Å²) in [6.07, 6.45) is 2.19. The molecule has 2 N–H and O–H groups in total. The van der Waals surface area contributed by atoms with E-state index in [4.69, 9.17) is 14.2 Å². The van der Waals surface area contributed by atoms with E-state index in [0.717, 1.165) is 57.5 Å². The molecule has 1 aromatic rings. The third-order valence-corrected chi connectivity index (χ3v) is 4.02. The van der Waals surface area contributed by atoms with Gasteiger partial charge < -0.3 is 24.8 Å². The second kappa shape index (κ2) is 14.0. The van der Waals surface area contributed by atoms with Gasteiger partial charge in [-0.05, 0) is 56.9 Å². The van der Waals surface area contributed by atoms with Crippen LogP contribution in [0, 0.1) is 13.8 Å². The van der Waals surface area contributed by atoms with Crippen LogP contribution in [0.1, 0.15) is 30.9 Å². The van der Waals surface area contributed by atoms with Crippen molar-refractivity contribution in [2.75, 3.05) is 46.1 Å². The standard InChI is InChI=1S/C20H33N3O3.HI/c1-4-21-20(22-7-5-9-25-18-6-10-24-15-18)23-8-11-26-19-13-16(2)12-17(3)14-19;/h12-14,18H,4-11,15H2,1-3H3,(H2,21,22,23);1H. The predicted molar refractivity (Wildman–Crippen MR) is 121 cm³/mol. The molecule has 1 unspecified atom stereocenters. The summed E-state index contributed by atoms with van der Waals surface area (Å²) in [6.45, 7) is 11.4. The Labute approximate surface area is 180 Å². The molecule has 6 nitrogen and oxygen atoms in total. The first-order valence-corrected chi connectivity index (χ1v) is 9.60. The summed E-state index contributed by atoms with van der Waals surface area (Å²) >= 11 is 0. The molecule has 0 saturated carbocycles. The van der Waals surface area contributed by atoms with E-state index in [1.54, 1.807) is 0 Å². The van der Waals surface area contributed by atoms with Gasteiger partial charge in [-0.15, -0.1) is 24.0 Å². The van der Waals surface area contributed by atoms with Crippen LogP contribution in [-0.2, 0) is 9.47 Å². The Morgan fingerprint density at radius 2 is 1.96 bits per heavy atom. The van der Waals surface area contributed by atoms with Crippen molar-refractivity contribution >= 4 is 29.9 Å². The summed E-state index contributed by atoms with van der Waals surface area (Å²) in [7, 11) is 0. The number of nitrogens with one attached hydrogen (secondary N) is 2. The van der Waals surface area contributed by atoms with Crippen molar-refractivity contribution in [3.05, 3.63) is 29.3 Å². The molecule has 1 heterocycles. The largest absolute Gasteiger partial charge is 0.492 e. The van der Waals surface area contributed by atoms with Crippen LogP contribution in [-0.4, -0.2) is 58.1 Å². The van der Waals surface area contributed by atoms with Crippen molar-refractivity contribution in [3.63, 3.8) is 0 Å². The quantitative estimate of drug-likeness (QED) is 0.228. The highest BCUT2D eigenvalue weighted by molar-refractivity contribution is 14.0. The highest BCUT2D eigenvalue weighted by Gasteiger charge is 2.15. The maximum Gasteiger partial charge on any atom is 0.191 e. The van der Waals surface area contributed by atoms with Crippen molar-refractivity contribution < 1.29 is 14.2 Å². The number of halogens is 1. The number of aliphatic imine (C=N–C) groups is 1. The molecule has 1 saturated heterocycles. The fourth-order valence-corrected chi connectivity index (χ4v) is 2.85. The van der Waals surface area contributed by atoms with Gasteiger partial charge in [-0.3, -0.25) is 4.99 Å². The molecule has 1 atom stereocenters. The average molecular weight is 491 g/mol. The van der Waals surface area contributed by atoms with Crippen molar-refractivity contribution in [2.45, 2.75) is 39.7 Å². The maximum absolute atomic E-state index is 5.82. The molecule has 1 fully saturated rings. The Morgan fingerprint density at radius 1 is 1.19 bits per heavy atom. The zero-order valence-corrected chi connectivity index (χ0v) is 19.1. The number of aryl methyl sites for hydroxylation is 2. The minimum Gasteiger partial charge on any atom is -0.492 e. The van der Waals surface area contributed by atoms with Gasteiger partial charge in [-0.25, -0.2) is 0 Å². The lowest BCUT2D eigenvalue weighted by Crippen LogP contribution is -2.39. The van der Waals surface area contributed by atoms with E-state index in [1.165, 1.54) is 11.1 Å². The van der Waals surface area contributed by atoms with Gasteiger partial charge in [-0.1, -0.05) is 6.07 Å². The molecule has 1 aliphatic rings. The lowest BCUT2D eigenvalue weighted by molar-refractivity contribution is 0.0424. The smallest absolute Gasteiger partial charge is 0.191 e. The molecule has 0 spiro atoms. The van der Waals surface area contributed by atoms with Gasteiger partial charge in [0.25, 0.3) is 0 Å². The van der Waals surface area contributed by atoms with Crippen LogP contribution in [0.4, 0.5) is 0 Å². The third kappa shape index (κ3) is 10.2. The SMILES string of the molecule is CCNC(=NCCCOC1CCOC1)NCCOc1cc(C)cc(C)c1.I. The number of hydrogen-bond donors (Lipinski definition) is 2. The van der Waals surface area contributed by atoms with Crippen LogP contribution in [0.5, 0.6) is 5.75 Å². The Bertz CT molecular complexity index is 543. The normalized spacial score (nSPS) is 16.7. The molecule has 154 valence electrons. The molecule has 0 aromatic heterocycles. The van der Waals surface area contributed by atoms with Gasteiger partial charge in [0.05, 0.1) is 19.3 Å². The lowest BCUT2D eigenvalue weighted by Gasteiger charge is -2.13. The van der Waals surface area contributed by atoms with Gasteiger partial charge in [-0.2, -0.15) is 0 Å². The second-order valence-electron chi connectivity index (χ2n) is 6.57. The Kier molecular flexibility index (Phi) is 12.4. The summed E-state index contributed by atoms with van der Waals surface area (Å²) in [5, 5.41) is 6.56. The van der Waals surface area contributed by atoms with Crippen LogP contribution in [0.15, 0.2) is 23.2 Å². The summed E-state index contributed by atoms with van der Waals surface area (Å²) in [4.78, 5) is 4.58. The van der Waals surface area contributed by atoms with Gasteiger partial charge in [0, 0.05) is 26.3 Å². The van der Waals surface area contributed by atoms with E-state index < -0.39 is 0 Å². The molecule has 0 radical (unpaired) electrons. The average Bonchev–Trinajstić information content (AvgIpc) is 3.11. The minimum atomic E-state index is 0. The Morgan fingerprint density at radius 3 is 2.63 bits per heavy atom. The van der Waals surface area contributed by atoms with E-state index in [2.05, 4.69) is 54.6 Å². The first-order valence-electron chi connectivity index (χ1n) is 9.60. The van der Waals surface area contributed by atoms with Crippen LogP contribution in [0.25, 0.3) is 0 Å². The van der Waals surface area contributed by atoms with E-state index >= 15 is 0 Å². The van der Waals surface area contributed by atoms with Crippen molar-refractivity contribution in [2.24, 2.45) is 4.99 Å². The minimum absolute atomic E-state index is 0. The molecular formula is C20H34IN3O3. The number of benzene rings is 1. The molecule has 7 heteroatoms. The van der Waals surface area contributed by atoms with Crippen LogP contribution in [0.3, 0.4) is 0 Å². The van der Waals surface area contributed by atoms with Gasteiger partial charge >= 0.3 is 0 Å². The number of hydrogen-bond acceptors (Lipinski definition) is 4. The zero-order chi connectivity index (χ0) is 18.6. The second-order valence-corrected chi connectivity index (χ2v) is 6.57. The molecule has 2 rings (SSSR count). The van der Waals surface area contributed by atoms with E-state index in [1.807, 2.05) is 0 Å². The van der Waals surface area contributed by atoms with Crippen LogP contribution >= 0.6 is 24.0 Å². The highest BCUT2D eigenvalue weighted by atomic mass is 127. The third-order valence-electron chi connectivity index (χ3n) is 4.02. The van der Waals surface area contributed by atoms with Gasteiger partial charge in [0.1, 0.15) is 12.4 Å². The predicted octanol–water partition coefficient (Wildman–Crippen LogP) is 3.05. The summed E-state index contributed by atoms with van der Waals surface area (Å²) in [5.41, 5.74) is 2.43. The first kappa shape index (κ1) is 24.0. The van der Waals surface area contributed by atoms with E-state index in [9.17, 15) is 0 Å². The number of guanidine groups is 1.